The molecular weight excluding hydrogens is 517 g/mol. The van der Waals surface area contributed by atoms with Gasteiger partial charge >= 0.3 is 0 Å². The van der Waals surface area contributed by atoms with E-state index >= 15 is 4.39 Å². The minimum Gasteiger partial charge on any atom is -0.454 e. The monoisotopic (exact) mass is 553 g/mol. The molecule has 0 radical (unpaired) electrons. The maximum atomic E-state index is 16.3. The van der Waals surface area contributed by atoms with Gasteiger partial charge in [-0.05, 0) is 87.0 Å². The molecule has 0 atom stereocenters. The highest BCUT2D eigenvalue weighted by atomic mass is 19.1. The molecule has 5 aromatic carbocycles. The highest BCUT2D eigenvalue weighted by Gasteiger charge is 2.58. The van der Waals surface area contributed by atoms with Crippen molar-refractivity contribution >= 4 is 39.0 Å². The fraction of sp³-hybridized carbons (Fsp3) is 0.231. The van der Waals surface area contributed by atoms with Crippen molar-refractivity contribution in [3.8, 4) is 11.1 Å². The summed E-state index contributed by atoms with van der Waals surface area (Å²) in [5.41, 5.74) is 7.71. The van der Waals surface area contributed by atoms with E-state index in [9.17, 15) is 0 Å². The fourth-order valence-corrected chi connectivity index (χ4v) is 7.06. The zero-order valence-electron chi connectivity index (χ0n) is 25.1. The van der Waals surface area contributed by atoms with Crippen LogP contribution in [0.2, 0.25) is 0 Å². The van der Waals surface area contributed by atoms with Crippen molar-refractivity contribution in [1.29, 1.82) is 0 Å². The molecule has 1 aromatic heterocycles. The average molecular weight is 554 g/mol. The van der Waals surface area contributed by atoms with Gasteiger partial charge in [0.25, 0.3) is 0 Å². The number of benzene rings is 5. The van der Waals surface area contributed by atoms with Crippen LogP contribution in [0.1, 0.15) is 52.7 Å². The summed E-state index contributed by atoms with van der Waals surface area (Å²) in [7, 11) is 0. The van der Waals surface area contributed by atoms with Gasteiger partial charge < -0.3 is 9.32 Å². The average Bonchev–Trinajstić information content (AvgIpc) is 3.40. The molecule has 0 saturated heterocycles. The second kappa shape index (κ2) is 9.06. The molecule has 1 aliphatic carbocycles. The van der Waals surface area contributed by atoms with Crippen molar-refractivity contribution in [1.82, 2.24) is 0 Å². The van der Waals surface area contributed by atoms with E-state index in [0.29, 0.717) is 0 Å². The summed E-state index contributed by atoms with van der Waals surface area (Å²) in [6.45, 7) is 13.4. The Morgan fingerprint density at radius 2 is 1.17 bits per heavy atom. The molecule has 0 amide bonds. The maximum absolute atomic E-state index is 16.3. The first-order valence-corrected chi connectivity index (χ1v) is 14.7. The first-order valence-electron chi connectivity index (χ1n) is 14.7. The SMILES string of the molecule is CC1(C)c2cc(-c3cc(N(c4ccccc4)c4ccccc4)c4oc5ccccc5c4c3)cc(F)c2C(C)(C)C1(C)C. The predicted molar refractivity (Wildman–Crippen MR) is 174 cm³/mol. The quantitative estimate of drug-likeness (QED) is 0.216. The number of fused-ring (bicyclic) bond motifs is 4. The summed E-state index contributed by atoms with van der Waals surface area (Å²) in [6.07, 6.45) is 0. The predicted octanol–water partition coefficient (Wildman–Crippen LogP) is 11.5. The van der Waals surface area contributed by atoms with Crippen LogP contribution < -0.4 is 4.90 Å². The first kappa shape index (κ1) is 26.5. The van der Waals surface area contributed by atoms with E-state index in [0.717, 1.165) is 61.3 Å². The molecular formula is C39H36FNO. The standard InChI is InChI=1S/C39H36FNO/c1-37(2)31-22-26(23-32(40)35(31)38(3,4)39(37,5)6)25-21-30-29-19-13-14-20-34(29)42-36(30)33(24-25)41(27-15-9-7-10-16-27)28-17-11-8-12-18-28/h7-24H,1-6H3. The summed E-state index contributed by atoms with van der Waals surface area (Å²) in [4.78, 5) is 2.23. The lowest BCUT2D eigenvalue weighted by Crippen LogP contribution is -2.42. The van der Waals surface area contributed by atoms with E-state index in [4.69, 9.17) is 4.42 Å². The lowest BCUT2D eigenvalue weighted by Gasteiger charge is -2.44. The zero-order valence-corrected chi connectivity index (χ0v) is 25.1. The van der Waals surface area contributed by atoms with E-state index in [1.165, 1.54) is 0 Å². The molecule has 1 aliphatic rings. The Labute approximate surface area is 247 Å². The van der Waals surface area contributed by atoms with Crippen molar-refractivity contribution < 1.29 is 8.81 Å². The zero-order chi connectivity index (χ0) is 29.4. The van der Waals surface area contributed by atoms with Gasteiger partial charge in [-0.25, -0.2) is 4.39 Å². The summed E-state index contributed by atoms with van der Waals surface area (Å²) in [5, 5.41) is 2.05. The smallest absolute Gasteiger partial charge is 0.159 e. The Morgan fingerprint density at radius 1 is 0.595 bits per heavy atom. The van der Waals surface area contributed by atoms with E-state index < -0.39 is 0 Å². The van der Waals surface area contributed by atoms with Gasteiger partial charge in [-0.15, -0.1) is 0 Å². The Balaban J connectivity index is 1.55. The van der Waals surface area contributed by atoms with Crippen LogP contribution in [0.15, 0.2) is 114 Å². The molecule has 0 bridgehead atoms. The van der Waals surface area contributed by atoms with Crippen LogP contribution in [0, 0.1) is 11.2 Å². The van der Waals surface area contributed by atoms with Crippen molar-refractivity contribution in [3.63, 3.8) is 0 Å². The van der Waals surface area contributed by atoms with Crippen molar-refractivity contribution in [2.75, 3.05) is 4.90 Å². The number of hydrogen-bond acceptors (Lipinski definition) is 2. The number of anilines is 3. The summed E-state index contributed by atoms with van der Waals surface area (Å²) in [6, 6.07) is 37.1. The van der Waals surface area contributed by atoms with Crippen LogP contribution in [0.4, 0.5) is 21.5 Å². The highest BCUT2D eigenvalue weighted by Crippen LogP contribution is 2.62. The Kier molecular flexibility index (Phi) is 5.72. The number of para-hydroxylation sites is 3. The van der Waals surface area contributed by atoms with Gasteiger partial charge in [0.1, 0.15) is 11.4 Å². The molecule has 210 valence electrons. The van der Waals surface area contributed by atoms with Crippen LogP contribution in [0.3, 0.4) is 0 Å². The second-order valence-corrected chi connectivity index (χ2v) is 13.2. The molecule has 0 N–H and O–H groups in total. The molecule has 2 nitrogen and oxygen atoms in total. The molecule has 0 saturated carbocycles. The van der Waals surface area contributed by atoms with Crippen molar-refractivity contribution in [3.05, 3.63) is 126 Å². The lowest BCUT2D eigenvalue weighted by atomic mass is 9.59. The third-order valence-corrected chi connectivity index (χ3v) is 10.6. The fourth-order valence-electron chi connectivity index (χ4n) is 7.06. The van der Waals surface area contributed by atoms with Crippen LogP contribution >= 0.6 is 0 Å². The Hall–Kier alpha value is -4.37. The molecule has 7 rings (SSSR count). The van der Waals surface area contributed by atoms with E-state index in [1.807, 2.05) is 54.6 Å². The van der Waals surface area contributed by atoms with Gasteiger partial charge in [0, 0.05) is 22.1 Å². The number of rotatable bonds is 4. The van der Waals surface area contributed by atoms with Crippen LogP contribution in [-0.2, 0) is 10.8 Å². The molecule has 0 aliphatic heterocycles. The van der Waals surface area contributed by atoms with Crippen molar-refractivity contribution in [2.45, 2.75) is 52.4 Å². The van der Waals surface area contributed by atoms with Crippen LogP contribution in [0.25, 0.3) is 33.1 Å². The van der Waals surface area contributed by atoms with Crippen LogP contribution in [-0.4, -0.2) is 0 Å². The van der Waals surface area contributed by atoms with E-state index in [2.05, 4.69) is 95.0 Å². The number of nitrogens with zero attached hydrogens (tertiary/aromatic N) is 1. The van der Waals surface area contributed by atoms with Crippen molar-refractivity contribution in [2.24, 2.45) is 5.41 Å². The van der Waals surface area contributed by atoms with Gasteiger partial charge in [-0.1, -0.05) is 102 Å². The lowest BCUT2D eigenvalue weighted by molar-refractivity contribution is 0.123. The van der Waals surface area contributed by atoms with Gasteiger partial charge in [0.2, 0.25) is 0 Å². The molecule has 6 aromatic rings. The van der Waals surface area contributed by atoms with Gasteiger partial charge in [-0.2, -0.15) is 0 Å². The minimum absolute atomic E-state index is 0.130. The molecule has 1 heterocycles. The van der Waals surface area contributed by atoms with E-state index in [1.54, 1.807) is 6.07 Å². The summed E-state index contributed by atoms with van der Waals surface area (Å²) >= 11 is 0. The van der Waals surface area contributed by atoms with Gasteiger partial charge in [0.05, 0.1) is 5.69 Å². The molecule has 0 unspecified atom stereocenters. The third kappa shape index (κ3) is 3.62. The van der Waals surface area contributed by atoms with Gasteiger partial charge in [-0.3, -0.25) is 0 Å². The Bertz CT molecular complexity index is 1930. The largest absolute Gasteiger partial charge is 0.454 e. The third-order valence-electron chi connectivity index (χ3n) is 10.6. The first-order chi connectivity index (χ1) is 20.0. The molecule has 42 heavy (non-hydrogen) atoms. The topological polar surface area (TPSA) is 16.4 Å². The second-order valence-electron chi connectivity index (χ2n) is 13.2. The maximum Gasteiger partial charge on any atom is 0.159 e. The summed E-state index contributed by atoms with van der Waals surface area (Å²) in [5.74, 6) is -0.132. The summed E-state index contributed by atoms with van der Waals surface area (Å²) < 4.78 is 22.9. The van der Waals surface area contributed by atoms with Gasteiger partial charge in [0.15, 0.2) is 5.58 Å². The number of halogens is 1. The highest BCUT2D eigenvalue weighted by molar-refractivity contribution is 6.12. The van der Waals surface area contributed by atoms with E-state index in [-0.39, 0.29) is 22.1 Å². The molecule has 0 spiro atoms. The molecule has 0 fully saturated rings. The minimum atomic E-state index is -0.304. The Morgan fingerprint density at radius 3 is 1.81 bits per heavy atom. The normalized spacial score (nSPS) is 16.5. The molecule has 3 heteroatoms. The number of hydrogen-bond donors (Lipinski definition) is 0. The van der Waals surface area contributed by atoms with Crippen LogP contribution in [0.5, 0.6) is 0 Å². The number of furan rings is 1.